The van der Waals surface area contributed by atoms with Gasteiger partial charge in [0.1, 0.15) is 11.5 Å². The van der Waals surface area contributed by atoms with Crippen LogP contribution in [0, 0.1) is 0 Å². The maximum Gasteiger partial charge on any atom is 0.138 e. The molecule has 3 heteroatoms. The SMILES string of the molecule is COc1cccc(-c2ccc(Cl)c(OC)c2)c1. The Hall–Kier alpha value is -1.67. The fourth-order valence-corrected chi connectivity index (χ4v) is 1.84. The smallest absolute Gasteiger partial charge is 0.138 e. The summed E-state index contributed by atoms with van der Waals surface area (Å²) in [5, 5.41) is 0.610. The first-order valence-corrected chi connectivity index (χ1v) is 5.60. The Morgan fingerprint density at radius 1 is 0.882 bits per heavy atom. The van der Waals surface area contributed by atoms with Crippen molar-refractivity contribution in [3.63, 3.8) is 0 Å². The minimum absolute atomic E-state index is 0.610. The fourth-order valence-electron chi connectivity index (χ4n) is 1.64. The molecule has 2 nitrogen and oxygen atoms in total. The summed E-state index contributed by atoms with van der Waals surface area (Å²) in [4.78, 5) is 0. The van der Waals surface area contributed by atoms with Crippen LogP contribution in [0.5, 0.6) is 11.5 Å². The highest BCUT2D eigenvalue weighted by atomic mass is 35.5. The molecule has 0 unspecified atom stereocenters. The van der Waals surface area contributed by atoms with Gasteiger partial charge in [-0.2, -0.15) is 0 Å². The van der Waals surface area contributed by atoms with E-state index >= 15 is 0 Å². The van der Waals surface area contributed by atoms with Crippen LogP contribution in [0.4, 0.5) is 0 Å². The molecular formula is C14H13ClO2. The minimum Gasteiger partial charge on any atom is -0.497 e. The van der Waals surface area contributed by atoms with E-state index in [1.807, 2.05) is 42.5 Å². The van der Waals surface area contributed by atoms with E-state index in [1.54, 1.807) is 14.2 Å². The lowest BCUT2D eigenvalue weighted by atomic mass is 10.1. The lowest BCUT2D eigenvalue weighted by Crippen LogP contribution is -1.87. The van der Waals surface area contributed by atoms with E-state index in [-0.39, 0.29) is 0 Å². The van der Waals surface area contributed by atoms with Crippen molar-refractivity contribution in [2.24, 2.45) is 0 Å². The predicted molar refractivity (Wildman–Crippen MR) is 70.0 cm³/mol. The van der Waals surface area contributed by atoms with Gasteiger partial charge < -0.3 is 9.47 Å². The molecule has 0 heterocycles. The van der Waals surface area contributed by atoms with Gasteiger partial charge in [0, 0.05) is 0 Å². The van der Waals surface area contributed by atoms with E-state index in [9.17, 15) is 0 Å². The Balaban J connectivity index is 2.45. The van der Waals surface area contributed by atoms with Crippen LogP contribution in [-0.2, 0) is 0 Å². The van der Waals surface area contributed by atoms with Crippen LogP contribution in [0.3, 0.4) is 0 Å². The molecule has 17 heavy (non-hydrogen) atoms. The maximum atomic E-state index is 5.99. The van der Waals surface area contributed by atoms with Gasteiger partial charge in [0.15, 0.2) is 0 Å². The molecule has 0 atom stereocenters. The third-order valence-corrected chi connectivity index (χ3v) is 2.87. The Labute approximate surface area is 106 Å². The van der Waals surface area contributed by atoms with Crippen molar-refractivity contribution in [1.29, 1.82) is 0 Å². The van der Waals surface area contributed by atoms with Crippen LogP contribution in [0.1, 0.15) is 0 Å². The molecule has 0 bridgehead atoms. The van der Waals surface area contributed by atoms with E-state index in [4.69, 9.17) is 21.1 Å². The third-order valence-electron chi connectivity index (χ3n) is 2.55. The minimum atomic E-state index is 0.610. The van der Waals surface area contributed by atoms with Gasteiger partial charge in [0.05, 0.1) is 19.2 Å². The van der Waals surface area contributed by atoms with Gasteiger partial charge in [0.2, 0.25) is 0 Å². The van der Waals surface area contributed by atoms with Gasteiger partial charge >= 0.3 is 0 Å². The maximum absolute atomic E-state index is 5.99. The lowest BCUT2D eigenvalue weighted by Gasteiger charge is -2.08. The number of halogens is 1. The molecule has 0 aliphatic heterocycles. The van der Waals surface area contributed by atoms with Gasteiger partial charge in [-0.1, -0.05) is 29.8 Å². The Kier molecular flexibility index (Phi) is 3.55. The standard InChI is InChI=1S/C14H13ClO2/c1-16-12-5-3-4-10(8-12)11-6-7-13(15)14(9-11)17-2/h3-9H,1-2H3. The van der Waals surface area contributed by atoms with Gasteiger partial charge in [-0.05, 0) is 35.4 Å². The normalized spacial score (nSPS) is 10.1. The quantitative estimate of drug-likeness (QED) is 0.817. The second-order valence-corrected chi connectivity index (χ2v) is 3.99. The van der Waals surface area contributed by atoms with Crippen molar-refractivity contribution in [2.45, 2.75) is 0 Å². The Morgan fingerprint density at radius 3 is 2.35 bits per heavy atom. The van der Waals surface area contributed by atoms with E-state index < -0.39 is 0 Å². The topological polar surface area (TPSA) is 18.5 Å². The number of ether oxygens (including phenoxy) is 2. The second kappa shape index (κ2) is 5.11. The van der Waals surface area contributed by atoms with Crippen molar-refractivity contribution in [1.82, 2.24) is 0 Å². The molecule has 0 spiro atoms. The summed E-state index contributed by atoms with van der Waals surface area (Å²) >= 11 is 5.99. The van der Waals surface area contributed by atoms with Crippen molar-refractivity contribution in [3.8, 4) is 22.6 Å². The summed E-state index contributed by atoms with van der Waals surface area (Å²) in [6.07, 6.45) is 0. The van der Waals surface area contributed by atoms with Crippen LogP contribution in [0.2, 0.25) is 5.02 Å². The Bertz CT molecular complexity index is 523. The number of hydrogen-bond acceptors (Lipinski definition) is 2. The molecule has 0 amide bonds. The molecule has 0 N–H and O–H groups in total. The number of benzene rings is 2. The first kappa shape index (κ1) is 11.8. The van der Waals surface area contributed by atoms with Gasteiger partial charge in [0.25, 0.3) is 0 Å². The molecule has 2 aromatic rings. The number of methoxy groups -OCH3 is 2. The molecule has 0 aliphatic carbocycles. The van der Waals surface area contributed by atoms with Crippen LogP contribution in [0.15, 0.2) is 42.5 Å². The summed E-state index contributed by atoms with van der Waals surface area (Å²) in [5.41, 5.74) is 2.12. The zero-order valence-electron chi connectivity index (χ0n) is 9.74. The average molecular weight is 249 g/mol. The third kappa shape index (κ3) is 2.53. The van der Waals surface area contributed by atoms with Crippen molar-refractivity contribution in [2.75, 3.05) is 14.2 Å². The molecule has 0 fully saturated rings. The van der Waals surface area contributed by atoms with Gasteiger partial charge in [-0.3, -0.25) is 0 Å². The van der Waals surface area contributed by atoms with Crippen LogP contribution in [-0.4, -0.2) is 14.2 Å². The molecule has 88 valence electrons. The van der Waals surface area contributed by atoms with Crippen molar-refractivity contribution in [3.05, 3.63) is 47.5 Å². The fraction of sp³-hybridized carbons (Fsp3) is 0.143. The molecule has 0 saturated heterocycles. The molecule has 0 aliphatic rings. The Morgan fingerprint density at radius 2 is 1.65 bits per heavy atom. The molecule has 2 rings (SSSR count). The summed E-state index contributed by atoms with van der Waals surface area (Å²) in [7, 11) is 3.26. The first-order valence-electron chi connectivity index (χ1n) is 5.22. The van der Waals surface area contributed by atoms with Crippen LogP contribution < -0.4 is 9.47 Å². The van der Waals surface area contributed by atoms with Gasteiger partial charge in [-0.25, -0.2) is 0 Å². The second-order valence-electron chi connectivity index (χ2n) is 3.58. The monoisotopic (exact) mass is 248 g/mol. The van der Waals surface area contributed by atoms with E-state index in [2.05, 4.69) is 0 Å². The molecule has 0 aromatic heterocycles. The highest BCUT2D eigenvalue weighted by Gasteiger charge is 2.04. The largest absolute Gasteiger partial charge is 0.497 e. The summed E-state index contributed by atoms with van der Waals surface area (Å²) < 4.78 is 10.4. The highest BCUT2D eigenvalue weighted by molar-refractivity contribution is 6.32. The van der Waals surface area contributed by atoms with Gasteiger partial charge in [-0.15, -0.1) is 0 Å². The van der Waals surface area contributed by atoms with E-state index in [1.165, 1.54) is 0 Å². The molecule has 0 radical (unpaired) electrons. The lowest BCUT2D eigenvalue weighted by molar-refractivity contribution is 0.414. The van der Waals surface area contributed by atoms with Crippen molar-refractivity contribution < 1.29 is 9.47 Å². The zero-order chi connectivity index (χ0) is 12.3. The zero-order valence-corrected chi connectivity index (χ0v) is 10.5. The molecule has 0 saturated carbocycles. The van der Waals surface area contributed by atoms with E-state index in [0.717, 1.165) is 16.9 Å². The summed E-state index contributed by atoms with van der Waals surface area (Å²) in [5.74, 6) is 1.50. The number of hydrogen-bond donors (Lipinski definition) is 0. The highest BCUT2D eigenvalue weighted by Crippen LogP contribution is 2.31. The van der Waals surface area contributed by atoms with Crippen LogP contribution in [0.25, 0.3) is 11.1 Å². The summed E-state index contributed by atoms with van der Waals surface area (Å²) in [6.45, 7) is 0. The molecular weight excluding hydrogens is 236 g/mol. The average Bonchev–Trinajstić information content (AvgIpc) is 2.39. The number of rotatable bonds is 3. The summed E-state index contributed by atoms with van der Waals surface area (Å²) in [6, 6.07) is 13.6. The van der Waals surface area contributed by atoms with Crippen LogP contribution >= 0.6 is 11.6 Å². The van der Waals surface area contributed by atoms with Crippen molar-refractivity contribution >= 4 is 11.6 Å². The first-order chi connectivity index (χ1) is 8.24. The molecule has 2 aromatic carbocycles. The predicted octanol–water partition coefficient (Wildman–Crippen LogP) is 4.02. The van der Waals surface area contributed by atoms with E-state index in [0.29, 0.717) is 10.8 Å².